The van der Waals surface area contributed by atoms with Crippen LogP contribution in [0.2, 0.25) is 0 Å². The van der Waals surface area contributed by atoms with Gasteiger partial charge in [-0.2, -0.15) is 0 Å². The minimum Gasteiger partial charge on any atom is -0.313 e. The summed E-state index contributed by atoms with van der Waals surface area (Å²) in [4.78, 5) is 0. The Labute approximate surface area is 119 Å². The van der Waals surface area contributed by atoms with E-state index in [1.807, 2.05) is 7.05 Å². The van der Waals surface area contributed by atoms with Crippen LogP contribution in [0, 0.1) is 11.6 Å². The second-order valence-corrected chi connectivity index (χ2v) is 5.19. The Hall–Kier alpha value is -1.26. The van der Waals surface area contributed by atoms with E-state index < -0.39 is 0 Å². The van der Waals surface area contributed by atoms with Crippen LogP contribution in [-0.4, -0.2) is 7.05 Å². The van der Waals surface area contributed by atoms with Crippen LogP contribution < -0.4 is 5.32 Å². The van der Waals surface area contributed by atoms with Gasteiger partial charge in [-0.05, 0) is 54.9 Å². The Balaban J connectivity index is 2.23. The van der Waals surface area contributed by atoms with Crippen LogP contribution in [-0.2, 0) is 6.42 Å². The molecule has 0 saturated heterocycles. The van der Waals surface area contributed by atoms with Crippen molar-refractivity contribution in [3.63, 3.8) is 0 Å². The average Bonchev–Trinajstić information content (AvgIpc) is 2.41. The fraction of sp³-hybridized carbons (Fsp3) is 0.200. The number of nitrogens with one attached hydrogen (secondary N) is 1. The maximum absolute atomic E-state index is 13.3. The van der Waals surface area contributed by atoms with E-state index in [2.05, 4.69) is 21.2 Å². The molecule has 0 aromatic heterocycles. The van der Waals surface area contributed by atoms with Gasteiger partial charge in [-0.3, -0.25) is 0 Å². The van der Waals surface area contributed by atoms with Crippen LogP contribution in [0.25, 0.3) is 0 Å². The maximum Gasteiger partial charge on any atom is 0.123 e. The van der Waals surface area contributed by atoms with Crippen LogP contribution in [0.4, 0.5) is 8.78 Å². The van der Waals surface area contributed by atoms with Gasteiger partial charge in [0.2, 0.25) is 0 Å². The third kappa shape index (κ3) is 3.61. The lowest BCUT2D eigenvalue weighted by molar-refractivity contribution is 0.578. The van der Waals surface area contributed by atoms with Crippen molar-refractivity contribution in [1.29, 1.82) is 0 Å². The molecule has 0 aliphatic carbocycles. The van der Waals surface area contributed by atoms with Gasteiger partial charge >= 0.3 is 0 Å². The zero-order chi connectivity index (χ0) is 13.8. The van der Waals surface area contributed by atoms with Crippen molar-refractivity contribution in [2.75, 3.05) is 7.05 Å². The topological polar surface area (TPSA) is 12.0 Å². The highest BCUT2D eigenvalue weighted by Crippen LogP contribution is 2.24. The summed E-state index contributed by atoms with van der Waals surface area (Å²) in [5, 5.41) is 3.17. The lowest BCUT2D eigenvalue weighted by Crippen LogP contribution is -2.19. The maximum atomic E-state index is 13.3. The van der Waals surface area contributed by atoms with Crippen molar-refractivity contribution in [1.82, 2.24) is 5.32 Å². The SMILES string of the molecule is CNC(Cc1cc(F)ccc1Br)c1ccc(F)cc1. The summed E-state index contributed by atoms with van der Waals surface area (Å²) in [5.74, 6) is -0.516. The van der Waals surface area contributed by atoms with Crippen LogP contribution >= 0.6 is 15.9 Å². The molecule has 0 saturated carbocycles. The van der Waals surface area contributed by atoms with Gasteiger partial charge in [-0.15, -0.1) is 0 Å². The molecule has 100 valence electrons. The predicted octanol–water partition coefficient (Wildman–Crippen LogP) is 4.23. The normalized spacial score (nSPS) is 12.4. The van der Waals surface area contributed by atoms with Crippen LogP contribution in [0.5, 0.6) is 0 Å². The molecule has 0 radical (unpaired) electrons. The number of hydrogen-bond donors (Lipinski definition) is 1. The number of benzene rings is 2. The molecule has 0 amide bonds. The molecule has 0 fully saturated rings. The fourth-order valence-corrected chi connectivity index (χ4v) is 2.41. The molecule has 2 aromatic rings. The van der Waals surface area contributed by atoms with E-state index in [-0.39, 0.29) is 17.7 Å². The van der Waals surface area contributed by atoms with Crippen molar-refractivity contribution in [2.45, 2.75) is 12.5 Å². The van der Waals surface area contributed by atoms with Crippen LogP contribution in [0.1, 0.15) is 17.2 Å². The first kappa shape index (κ1) is 14.2. The molecule has 0 bridgehead atoms. The monoisotopic (exact) mass is 325 g/mol. The van der Waals surface area contributed by atoms with Crippen LogP contribution in [0.15, 0.2) is 46.9 Å². The van der Waals surface area contributed by atoms with Crippen molar-refractivity contribution in [2.24, 2.45) is 0 Å². The molecule has 0 aliphatic heterocycles. The molecule has 2 rings (SSSR count). The molecule has 1 N–H and O–H groups in total. The molecule has 1 unspecified atom stereocenters. The molecule has 0 aliphatic rings. The number of halogens is 3. The highest BCUT2D eigenvalue weighted by Gasteiger charge is 2.12. The summed E-state index contributed by atoms with van der Waals surface area (Å²) < 4.78 is 27.1. The first-order chi connectivity index (χ1) is 9.10. The summed E-state index contributed by atoms with van der Waals surface area (Å²) in [6.07, 6.45) is 0.625. The zero-order valence-electron chi connectivity index (χ0n) is 10.5. The first-order valence-corrected chi connectivity index (χ1v) is 6.76. The Morgan fingerprint density at radius 1 is 1.05 bits per heavy atom. The van der Waals surface area contributed by atoms with Gasteiger partial charge < -0.3 is 5.32 Å². The Morgan fingerprint density at radius 2 is 1.68 bits per heavy atom. The molecule has 0 spiro atoms. The second-order valence-electron chi connectivity index (χ2n) is 4.33. The number of likely N-dealkylation sites (N-methyl/N-ethyl adjacent to an activating group) is 1. The van der Waals surface area contributed by atoms with E-state index in [0.29, 0.717) is 6.42 Å². The van der Waals surface area contributed by atoms with Crippen molar-refractivity contribution in [3.05, 3.63) is 69.7 Å². The lowest BCUT2D eigenvalue weighted by Gasteiger charge is -2.17. The van der Waals surface area contributed by atoms with Crippen molar-refractivity contribution in [3.8, 4) is 0 Å². The predicted molar refractivity (Wildman–Crippen MR) is 76.0 cm³/mol. The minimum absolute atomic E-state index is 0.0127. The fourth-order valence-electron chi connectivity index (χ4n) is 2.00. The van der Waals surface area contributed by atoms with E-state index >= 15 is 0 Å². The van der Waals surface area contributed by atoms with E-state index in [4.69, 9.17) is 0 Å². The molecular formula is C15H14BrF2N. The summed E-state index contributed by atoms with van der Waals surface area (Å²) in [6, 6.07) is 11.0. The van der Waals surface area contributed by atoms with Gasteiger partial charge in [-0.25, -0.2) is 8.78 Å². The van der Waals surface area contributed by atoms with Crippen molar-refractivity contribution >= 4 is 15.9 Å². The van der Waals surface area contributed by atoms with E-state index in [9.17, 15) is 8.78 Å². The summed E-state index contributed by atoms with van der Waals surface area (Å²) in [5.41, 5.74) is 1.85. The zero-order valence-corrected chi connectivity index (χ0v) is 12.0. The first-order valence-electron chi connectivity index (χ1n) is 5.97. The third-order valence-electron chi connectivity index (χ3n) is 3.05. The molecule has 0 heterocycles. The molecular weight excluding hydrogens is 312 g/mol. The number of rotatable bonds is 4. The van der Waals surface area contributed by atoms with Gasteiger partial charge in [-0.1, -0.05) is 28.1 Å². The average molecular weight is 326 g/mol. The van der Waals surface area contributed by atoms with E-state index in [1.165, 1.54) is 24.3 Å². The van der Waals surface area contributed by atoms with E-state index in [1.54, 1.807) is 18.2 Å². The van der Waals surface area contributed by atoms with Gasteiger partial charge in [0, 0.05) is 10.5 Å². The minimum atomic E-state index is -0.259. The molecule has 4 heteroatoms. The molecule has 19 heavy (non-hydrogen) atoms. The summed E-state index contributed by atoms with van der Waals surface area (Å²) >= 11 is 3.42. The molecule has 1 nitrogen and oxygen atoms in total. The van der Waals surface area contributed by atoms with Crippen molar-refractivity contribution < 1.29 is 8.78 Å². The second kappa shape index (κ2) is 6.26. The van der Waals surface area contributed by atoms with Crippen LogP contribution in [0.3, 0.4) is 0 Å². The quantitative estimate of drug-likeness (QED) is 0.887. The number of hydrogen-bond acceptors (Lipinski definition) is 1. The smallest absolute Gasteiger partial charge is 0.123 e. The van der Waals surface area contributed by atoms with E-state index in [0.717, 1.165) is 15.6 Å². The van der Waals surface area contributed by atoms with Gasteiger partial charge in [0.1, 0.15) is 11.6 Å². The summed E-state index contributed by atoms with van der Waals surface area (Å²) in [7, 11) is 1.83. The van der Waals surface area contributed by atoms with Gasteiger partial charge in [0.05, 0.1) is 0 Å². The van der Waals surface area contributed by atoms with Gasteiger partial charge in [0.25, 0.3) is 0 Å². The molecule has 1 atom stereocenters. The van der Waals surface area contributed by atoms with Gasteiger partial charge in [0.15, 0.2) is 0 Å². The Bertz CT molecular complexity index is 555. The molecule has 2 aromatic carbocycles. The summed E-state index contributed by atoms with van der Waals surface area (Å²) in [6.45, 7) is 0. The highest BCUT2D eigenvalue weighted by molar-refractivity contribution is 9.10. The Kier molecular flexibility index (Phi) is 4.66. The largest absolute Gasteiger partial charge is 0.313 e. The standard InChI is InChI=1S/C15H14BrF2N/c1-19-15(10-2-4-12(17)5-3-10)9-11-8-13(18)6-7-14(11)16/h2-8,15,19H,9H2,1H3. The highest BCUT2D eigenvalue weighted by atomic mass is 79.9. The lowest BCUT2D eigenvalue weighted by atomic mass is 9.99. The third-order valence-corrected chi connectivity index (χ3v) is 3.83. The Morgan fingerprint density at radius 3 is 2.32 bits per heavy atom.